The van der Waals surface area contributed by atoms with Gasteiger partial charge in [0.1, 0.15) is 35.3 Å². The fourth-order valence-corrected chi connectivity index (χ4v) is 3.05. The van der Waals surface area contributed by atoms with Crippen LogP contribution >= 0.6 is 0 Å². The third-order valence-electron chi connectivity index (χ3n) is 4.62. The Morgan fingerprint density at radius 2 is 1.70 bits per heavy atom. The molecule has 0 saturated carbocycles. The van der Waals surface area contributed by atoms with Crippen LogP contribution in [0.3, 0.4) is 0 Å². The van der Waals surface area contributed by atoms with Gasteiger partial charge in [-0.05, 0) is 36.8 Å². The number of aryl methyl sites for hydroxylation is 1. The molecule has 1 aromatic heterocycles. The van der Waals surface area contributed by atoms with Gasteiger partial charge in [-0.15, -0.1) is 0 Å². The number of ether oxygens (including phenoxy) is 3. The van der Waals surface area contributed by atoms with E-state index in [2.05, 4.69) is 10.2 Å². The first kappa shape index (κ1) is 19.4. The number of phenols is 1. The molecule has 6 nitrogen and oxygen atoms in total. The van der Waals surface area contributed by atoms with E-state index in [4.69, 9.17) is 14.2 Å². The van der Waals surface area contributed by atoms with Crippen molar-refractivity contribution in [2.75, 3.05) is 7.11 Å². The molecule has 0 aliphatic carbocycles. The average molecular weight is 402 g/mol. The molecule has 152 valence electrons. The number of benzene rings is 3. The van der Waals surface area contributed by atoms with Crippen LogP contribution in [0.4, 0.5) is 0 Å². The molecule has 1 heterocycles. The standard InChI is InChI=1S/C24H22N2O4/c1-16-24(30-20-10-6-9-18(13-20)28-2)23(26-25-16)21-12-11-19(14-22(21)27)29-15-17-7-4-3-5-8-17/h3-14,27H,15H2,1-2H3,(H,25,26). The molecular weight excluding hydrogens is 380 g/mol. The minimum atomic E-state index is 0.0579. The summed E-state index contributed by atoms with van der Waals surface area (Å²) in [7, 11) is 1.60. The summed E-state index contributed by atoms with van der Waals surface area (Å²) >= 11 is 0. The van der Waals surface area contributed by atoms with Crippen molar-refractivity contribution in [1.29, 1.82) is 0 Å². The molecule has 30 heavy (non-hydrogen) atoms. The fraction of sp³-hybridized carbons (Fsp3) is 0.125. The number of rotatable bonds is 7. The lowest BCUT2D eigenvalue weighted by Gasteiger charge is -2.11. The highest BCUT2D eigenvalue weighted by molar-refractivity contribution is 5.74. The van der Waals surface area contributed by atoms with E-state index >= 15 is 0 Å². The van der Waals surface area contributed by atoms with Gasteiger partial charge in [0.2, 0.25) is 0 Å². The second-order valence-electron chi connectivity index (χ2n) is 6.76. The van der Waals surface area contributed by atoms with E-state index in [1.54, 1.807) is 31.4 Å². The molecule has 0 aliphatic rings. The Labute approximate surface area is 174 Å². The molecule has 0 unspecified atom stereocenters. The van der Waals surface area contributed by atoms with Crippen molar-refractivity contribution >= 4 is 0 Å². The van der Waals surface area contributed by atoms with Crippen molar-refractivity contribution in [2.45, 2.75) is 13.5 Å². The van der Waals surface area contributed by atoms with Gasteiger partial charge in [-0.25, -0.2) is 0 Å². The zero-order valence-corrected chi connectivity index (χ0v) is 16.8. The lowest BCUT2D eigenvalue weighted by Crippen LogP contribution is -1.95. The number of aromatic hydroxyl groups is 1. The Hall–Kier alpha value is -3.93. The minimum Gasteiger partial charge on any atom is -0.507 e. The molecule has 2 N–H and O–H groups in total. The second kappa shape index (κ2) is 8.61. The van der Waals surface area contributed by atoms with Gasteiger partial charge >= 0.3 is 0 Å². The molecule has 0 bridgehead atoms. The van der Waals surface area contributed by atoms with Gasteiger partial charge in [-0.1, -0.05) is 36.4 Å². The Kier molecular flexibility index (Phi) is 5.57. The van der Waals surface area contributed by atoms with E-state index in [9.17, 15) is 5.11 Å². The maximum absolute atomic E-state index is 10.6. The monoisotopic (exact) mass is 402 g/mol. The molecule has 0 amide bonds. The summed E-state index contributed by atoms with van der Waals surface area (Å²) in [5.41, 5.74) is 2.86. The third-order valence-corrected chi connectivity index (χ3v) is 4.62. The number of phenolic OH excluding ortho intramolecular Hbond substituents is 1. The SMILES string of the molecule is COc1cccc(Oc2c(-c3ccc(OCc4ccccc4)cc3O)n[nH]c2C)c1. The van der Waals surface area contributed by atoms with E-state index in [0.717, 1.165) is 11.3 Å². The lowest BCUT2D eigenvalue weighted by molar-refractivity contribution is 0.304. The van der Waals surface area contributed by atoms with Crippen LogP contribution in [0.2, 0.25) is 0 Å². The zero-order chi connectivity index (χ0) is 20.9. The van der Waals surface area contributed by atoms with E-state index in [-0.39, 0.29) is 5.75 Å². The second-order valence-corrected chi connectivity index (χ2v) is 6.76. The summed E-state index contributed by atoms with van der Waals surface area (Å²) in [5.74, 6) is 2.47. The first-order chi connectivity index (χ1) is 14.6. The first-order valence-electron chi connectivity index (χ1n) is 9.51. The third kappa shape index (κ3) is 4.22. The van der Waals surface area contributed by atoms with Gasteiger partial charge < -0.3 is 19.3 Å². The zero-order valence-electron chi connectivity index (χ0n) is 16.8. The van der Waals surface area contributed by atoms with Crippen molar-refractivity contribution in [3.63, 3.8) is 0 Å². The molecule has 0 atom stereocenters. The van der Waals surface area contributed by atoms with E-state index in [1.807, 2.05) is 55.5 Å². The topological polar surface area (TPSA) is 76.6 Å². The molecule has 3 aromatic carbocycles. The van der Waals surface area contributed by atoms with Crippen molar-refractivity contribution in [3.05, 3.63) is 84.1 Å². The number of hydrogen-bond acceptors (Lipinski definition) is 5. The van der Waals surface area contributed by atoms with Gasteiger partial charge in [0.15, 0.2) is 5.75 Å². The Balaban J connectivity index is 1.57. The largest absolute Gasteiger partial charge is 0.507 e. The minimum absolute atomic E-state index is 0.0579. The summed E-state index contributed by atoms with van der Waals surface area (Å²) in [6.07, 6.45) is 0. The number of methoxy groups -OCH3 is 1. The molecule has 4 aromatic rings. The van der Waals surface area contributed by atoms with E-state index in [0.29, 0.717) is 40.9 Å². The number of nitrogens with zero attached hydrogens (tertiary/aromatic N) is 1. The number of aromatic amines is 1. The van der Waals surface area contributed by atoms with Crippen LogP contribution in [-0.2, 0) is 6.61 Å². The predicted molar refractivity (Wildman–Crippen MR) is 114 cm³/mol. The maximum atomic E-state index is 10.6. The van der Waals surface area contributed by atoms with Gasteiger partial charge in [0, 0.05) is 17.7 Å². The highest BCUT2D eigenvalue weighted by Crippen LogP contribution is 2.40. The summed E-state index contributed by atoms with van der Waals surface area (Å²) in [5, 5.41) is 17.9. The van der Waals surface area contributed by atoms with Gasteiger partial charge in [-0.2, -0.15) is 5.10 Å². The molecule has 0 spiro atoms. The Morgan fingerprint density at radius 1 is 0.900 bits per heavy atom. The smallest absolute Gasteiger partial charge is 0.176 e. The van der Waals surface area contributed by atoms with Crippen LogP contribution in [0.15, 0.2) is 72.8 Å². The maximum Gasteiger partial charge on any atom is 0.176 e. The summed E-state index contributed by atoms with van der Waals surface area (Å²) < 4.78 is 17.1. The van der Waals surface area contributed by atoms with Gasteiger partial charge in [0.25, 0.3) is 0 Å². The van der Waals surface area contributed by atoms with Crippen molar-refractivity contribution < 1.29 is 19.3 Å². The van der Waals surface area contributed by atoms with Crippen LogP contribution in [0.1, 0.15) is 11.3 Å². The Morgan fingerprint density at radius 3 is 2.47 bits per heavy atom. The summed E-state index contributed by atoms with van der Waals surface area (Å²) in [6.45, 7) is 2.28. The highest BCUT2D eigenvalue weighted by Gasteiger charge is 2.18. The molecule has 0 aliphatic heterocycles. The van der Waals surface area contributed by atoms with E-state index < -0.39 is 0 Å². The van der Waals surface area contributed by atoms with Gasteiger partial charge in [-0.3, -0.25) is 5.10 Å². The molecule has 0 radical (unpaired) electrons. The molecule has 0 fully saturated rings. The van der Waals surface area contributed by atoms with E-state index in [1.165, 1.54) is 0 Å². The first-order valence-corrected chi connectivity index (χ1v) is 9.51. The molecule has 4 rings (SSSR count). The number of nitrogens with one attached hydrogen (secondary N) is 1. The quantitative estimate of drug-likeness (QED) is 0.429. The van der Waals surface area contributed by atoms with Crippen molar-refractivity contribution in [3.8, 4) is 40.0 Å². The summed E-state index contributed by atoms with van der Waals surface area (Å²) in [6, 6.07) is 22.3. The molecule has 6 heteroatoms. The van der Waals surface area contributed by atoms with Crippen LogP contribution in [0, 0.1) is 6.92 Å². The van der Waals surface area contributed by atoms with Crippen molar-refractivity contribution in [2.24, 2.45) is 0 Å². The predicted octanol–water partition coefficient (Wildman–Crippen LogP) is 5.47. The fourth-order valence-electron chi connectivity index (χ4n) is 3.05. The number of hydrogen-bond donors (Lipinski definition) is 2. The normalized spacial score (nSPS) is 10.6. The molecular formula is C24H22N2O4. The average Bonchev–Trinajstić information content (AvgIpc) is 3.13. The van der Waals surface area contributed by atoms with Crippen molar-refractivity contribution in [1.82, 2.24) is 10.2 Å². The van der Waals surface area contributed by atoms with Crippen LogP contribution in [0.5, 0.6) is 28.7 Å². The number of H-pyrrole nitrogens is 1. The highest BCUT2D eigenvalue weighted by atomic mass is 16.5. The van der Waals surface area contributed by atoms with Crippen LogP contribution < -0.4 is 14.2 Å². The number of aromatic nitrogens is 2. The molecule has 0 saturated heterocycles. The van der Waals surface area contributed by atoms with Crippen LogP contribution in [-0.4, -0.2) is 22.4 Å². The van der Waals surface area contributed by atoms with Crippen LogP contribution in [0.25, 0.3) is 11.3 Å². The van der Waals surface area contributed by atoms with Gasteiger partial charge in [0.05, 0.1) is 12.8 Å². The summed E-state index contributed by atoms with van der Waals surface area (Å²) in [4.78, 5) is 0. The Bertz CT molecular complexity index is 1140. The lowest BCUT2D eigenvalue weighted by atomic mass is 10.1.